The fourth-order valence-electron chi connectivity index (χ4n) is 4.89. The van der Waals surface area contributed by atoms with Gasteiger partial charge in [0.25, 0.3) is 0 Å². The lowest BCUT2D eigenvalue weighted by Gasteiger charge is -2.25. The second-order valence-electron chi connectivity index (χ2n) is 11.0. The van der Waals surface area contributed by atoms with Crippen LogP contribution in [0.25, 0.3) is 5.57 Å². The maximum atomic E-state index is 8.54. The van der Waals surface area contributed by atoms with E-state index in [1.165, 1.54) is 52.8 Å². The summed E-state index contributed by atoms with van der Waals surface area (Å²) in [6.07, 6.45) is 12.9. The van der Waals surface area contributed by atoms with Crippen LogP contribution in [0.3, 0.4) is 0 Å². The Morgan fingerprint density at radius 3 is 1.95 bits per heavy atom. The Kier molecular flexibility index (Phi) is 14.8. The fraction of sp³-hybridized carbons (Fsp3) is 0.268. The van der Waals surface area contributed by atoms with Crippen molar-refractivity contribution >= 4 is 11.3 Å². The summed E-state index contributed by atoms with van der Waals surface area (Å²) in [5.74, 6) is 0.620. The molecule has 0 aromatic heterocycles. The number of rotatable bonds is 9. The Morgan fingerprint density at radius 1 is 0.791 bits per heavy atom. The molecule has 0 fully saturated rings. The molecule has 0 saturated carbocycles. The first-order valence-electron chi connectivity index (χ1n) is 15.7. The quantitative estimate of drug-likeness (QED) is 0.196. The number of allylic oxidation sites excluding steroid dienone is 4. The van der Waals surface area contributed by atoms with Gasteiger partial charge in [-0.25, -0.2) is 0 Å². The van der Waals surface area contributed by atoms with E-state index < -0.39 is 0 Å². The van der Waals surface area contributed by atoms with Crippen molar-refractivity contribution in [2.45, 2.75) is 66.4 Å². The van der Waals surface area contributed by atoms with Gasteiger partial charge in [0.2, 0.25) is 0 Å². The molecule has 2 heteroatoms. The summed E-state index contributed by atoms with van der Waals surface area (Å²) in [7, 11) is 0. The van der Waals surface area contributed by atoms with Crippen LogP contribution in [-0.2, 0) is 6.61 Å². The van der Waals surface area contributed by atoms with Gasteiger partial charge in [-0.2, -0.15) is 0 Å². The number of unbranched alkanes of at least 4 members (excludes halogenated alkanes) is 2. The van der Waals surface area contributed by atoms with Crippen LogP contribution in [0.1, 0.15) is 68.2 Å². The molecular weight excluding hydrogens is 522 g/mol. The van der Waals surface area contributed by atoms with Crippen LogP contribution in [-0.4, -0.2) is 5.11 Å². The highest BCUT2D eigenvalue weighted by atomic mass is 16.3. The highest BCUT2D eigenvalue weighted by Crippen LogP contribution is 2.36. The Morgan fingerprint density at radius 2 is 1.42 bits per heavy atom. The first-order chi connectivity index (χ1) is 21.0. The Bertz CT molecular complexity index is 1420. The van der Waals surface area contributed by atoms with Gasteiger partial charge in [0.1, 0.15) is 0 Å². The molecule has 43 heavy (non-hydrogen) atoms. The molecule has 5 rings (SSSR count). The van der Waals surface area contributed by atoms with Crippen molar-refractivity contribution < 1.29 is 5.11 Å². The highest BCUT2D eigenvalue weighted by Gasteiger charge is 2.19. The number of aliphatic hydroxyl groups excluding tert-OH is 1. The number of benzene rings is 4. The molecule has 1 aliphatic rings. The van der Waals surface area contributed by atoms with E-state index in [0.29, 0.717) is 5.92 Å². The van der Waals surface area contributed by atoms with Gasteiger partial charge in [0.05, 0.1) is 6.61 Å². The molecule has 0 bridgehead atoms. The molecule has 0 aliphatic heterocycles. The lowest BCUT2D eigenvalue weighted by molar-refractivity contribution is 0.282. The van der Waals surface area contributed by atoms with Crippen LogP contribution in [0.2, 0.25) is 0 Å². The standard InChI is InChI=1S/C27H33N.C7H8O.C7H8/c1-4-6-8-16-27(28-24-15-11-12-21(3)19-24)25-18-17-22(5-2)20-26(25)23-13-9-7-10-14-23;8-6-7-4-2-1-3-5-7;1-7-5-3-2-4-6-7/h7,9-19,22,28H,4-6,8,20H2,1-3H3;1-5,8H,6H2;2-6H,1H3/b27-16-;;/t22-;;/m1../s1. The Balaban J connectivity index is 0.000000273. The third-order valence-corrected chi connectivity index (χ3v) is 7.43. The Hall–Kier alpha value is -4.14. The molecule has 1 atom stereocenters. The summed E-state index contributed by atoms with van der Waals surface area (Å²) in [6, 6.07) is 39.3. The predicted molar refractivity (Wildman–Crippen MR) is 187 cm³/mol. The number of hydrogen-bond donors (Lipinski definition) is 2. The minimum atomic E-state index is 0.140. The van der Waals surface area contributed by atoms with E-state index in [-0.39, 0.29) is 6.61 Å². The number of aliphatic hydroxyl groups is 1. The molecular formula is C41H49NO. The van der Waals surface area contributed by atoms with Crippen molar-refractivity contribution in [3.8, 4) is 0 Å². The van der Waals surface area contributed by atoms with E-state index in [0.717, 1.165) is 24.1 Å². The topological polar surface area (TPSA) is 32.3 Å². The fourth-order valence-corrected chi connectivity index (χ4v) is 4.89. The zero-order valence-corrected chi connectivity index (χ0v) is 26.5. The average Bonchev–Trinajstić information content (AvgIpc) is 3.06. The van der Waals surface area contributed by atoms with Crippen molar-refractivity contribution in [2.24, 2.45) is 5.92 Å². The average molecular weight is 572 g/mol. The summed E-state index contributed by atoms with van der Waals surface area (Å²) < 4.78 is 0. The predicted octanol–water partition coefficient (Wildman–Crippen LogP) is 11.1. The van der Waals surface area contributed by atoms with Crippen LogP contribution in [0.15, 0.2) is 145 Å². The largest absolute Gasteiger partial charge is 0.392 e. The number of nitrogens with one attached hydrogen (secondary N) is 1. The first kappa shape index (κ1) is 33.4. The molecule has 1 aliphatic carbocycles. The highest BCUT2D eigenvalue weighted by molar-refractivity contribution is 5.78. The van der Waals surface area contributed by atoms with Crippen LogP contribution in [0, 0.1) is 19.8 Å². The molecule has 0 heterocycles. The smallest absolute Gasteiger partial charge is 0.0681 e. The van der Waals surface area contributed by atoms with Crippen molar-refractivity contribution in [3.05, 3.63) is 167 Å². The maximum Gasteiger partial charge on any atom is 0.0681 e. The van der Waals surface area contributed by atoms with E-state index in [2.05, 4.69) is 118 Å². The number of aryl methyl sites for hydroxylation is 2. The van der Waals surface area contributed by atoms with Gasteiger partial charge in [0, 0.05) is 17.0 Å². The van der Waals surface area contributed by atoms with Crippen molar-refractivity contribution in [1.82, 2.24) is 0 Å². The van der Waals surface area contributed by atoms with Gasteiger partial charge in [-0.05, 0) is 79.8 Å². The van der Waals surface area contributed by atoms with Gasteiger partial charge in [0.15, 0.2) is 0 Å². The monoisotopic (exact) mass is 571 g/mol. The second kappa shape index (κ2) is 19.1. The summed E-state index contributed by atoms with van der Waals surface area (Å²) in [6.45, 7) is 8.90. The van der Waals surface area contributed by atoms with Gasteiger partial charge in [-0.3, -0.25) is 0 Å². The van der Waals surface area contributed by atoms with Crippen LogP contribution in [0.4, 0.5) is 5.69 Å². The van der Waals surface area contributed by atoms with Gasteiger partial charge < -0.3 is 10.4 Å². The van der Waals surface area contributed by atoms with Crippen molar-refractivity contribution in [2.75, 3.05) is 5.32 Å². The van der Waals surface area contributed by atoms with Crippen LogP contribution < -0.4 is 5.32 Å². The van der Waals surface area contributed by atoms with Gasteiger partial charge in [-0.1, -0.05) is 147 Å². The van der Waals surface area contributed by atoms with E-state index >= 15 is 0 Å². The minimum Gasteiger partial charge on any atom is -0.392 e. The van der Waals surface area contributed by atoms with Crippen LogP contribution >= 0.6 is 0 Å². The summed E-state index contributed by atoms with van der Waals surface area (Å²) in [4.78, 5) is 0. The lowest BCUT2D eigenvalue weighted by Crippen LogP contribution is -2.10. The molecule has 0 radical (unpaired) electrons. The summed E-state index contributed by atoms with van der Waals surface area (Å²) in [5.41, 5.74) is 10.1. The molecule has 2 N–H and O–H groups in total. The molecule has 2 nitrogen and oxygen atoms in total. The number of anilines is 1. The SMILES string of the molecule is CCCC/C=C(\Nc1cccc(C)c1)C1=C(c2ccccc2)C[C@H](CC)C=C1.Cc1ccccc1.OCc1ccccc1. The van der Waals surface area contributed by atoms with E-state index in [1.807, 2.05) is 48.5 Å². The van der Waals surface area contributed by atoms with Gasteiger partial charge >= 0.3 is 0 Å². The normalized spacial score (nSPS) is 14.3. The summed E-state index contributed by atoms with van der Waals surface area (Å²) in [5, 5.41) is 12.3. The Labute approximate surface area is 260 Å². The number of hydrogen-bond acceptors (Lipinski definition) is 2. The minimum absolute atomic E-state index is 0.140. The molecule has 4 aromatic carbocycles. The van der Waals surface area contributed by atoms with E-state index in [9.17, 15) is 0 Å². The zero-order chi connectivity index (χ0) is 30.7. The zero-order valence-electron chi connectivity index (χ0n) is 26.5. The molecule has 0 amide bonds. The molecule has 0 spiro atoms. The van der Waals surface area contributed by atoms with Crippen LogP contribution in [0.5, 0.6) is 0 Å². The van der Waals surface area contributed by atoms with Crippen molar-refractivity contribution in [3.63, 3.8) is 0 Å². The molecule has 0 unspecified atom stereocenters. The van der Waals surface area contributed by atoms with E-state index in [1.54, 1.807) is 0 Å². The summed E-state index contributed by atoms with van der Waals surface area (Å²) >= 11 is 0. The second-order valence-corrected chi connectivity index (χ2v) is 11.0. The van der Waals surface area contributed by atoms with Crippen molar-refractivity contribution in [1.29, 1.82) is 0 Å². The van der Waals surface area contributed by atoms with Gasteiger partial charge in [-0.15, -0.1) is 0 Å². The lowest BCUT2D eigenvalue weighted by atomic mass is 9.83. The third kappa shape index (κ3) is 11.9. The van der Waals surface area contributed by atoms with E-state index in [4.69, 9.17) is 5.11 Å². The first-order valence-corrected chi connectivity index (χ1v) is 15.7. The molecule has 4 aromatic rings. The maximum absolute atomic E-state index is 8.54. The third-order valence-electron chi connectivity index (χ3n) is 7.43. The molecule has 224 valence electrons. The molecule has 0 saturated heterocycles.